The van der Waals surface area contributed by atoms with Crippen LogP contribution < -0.4 is 5.73 Å². The molecule has 0 saturated carbocycles. The Morgan fingerprint density at radius 3 is 1.67 bits per heavy atom. The third-order valence-electron chi connectivity index (χ3n) is 2.78. The van der Waals surface area contributed by atoms with Gasteiger partial charge in [-0.25, -0.2) is 0 Å². The standard InChI is InChI=1S/C12H11NO6S2/c13-12-7-10(21(17,18)19)5-6-11(12)8-1-3-9(4-2-8)20(14,15)16/h1-7H,13H2,(H,14,15,16)(H,17,18,19). The van der Waals surface area contributed by atoms with E-state index in [0.717, 1.165) is 6.07 Å². The maximum absolute atomic E-state index is 11.0. The molecule has 0 aliphatic carbocycles. The molecule has 0 aromatic heterocycles. The second kappa shape index (κ2) is 5.11. The van der Waals surface area contributed by atoms with E-state index in [4.69, 9.17) is 14.8 Å². The molecule has 0 amide bonds. The highest BCUT2D eigenvalue weighted by atomic mass is 32.2. The molecule has 7 nitrogen and oxygen atoms in total. The van der Waals surface area contributed by atoms with Crippen molar-refractivity contribution in [3.63, 3.8) is 0 Å². The van der Waals surface area contributed by atoms with Gasteiger partial charge in [0.2, 0.25) is 0 Å². The smallest absolute Gasteiger partial charge is 0.294 e. The lowest BCUT2D eigenvalue weighted by Gasteiger charge is -2.08. The first-order valence-electron chi connectivity index (χ1n) is 5.54. The Morgan fingerprint density at radius 2 is 1.24 bits per heavy atom. The van der Waals surface area contributed by atoms with Gasteiger partial charge in [-0.05, 0) is 29.8 Å². The van der Waals surface area contributed by atoms with E-state index in [2.05, 4.69) is 0 Å². The Hall–Kier alpha value is -1.94. The van der Waals surface area contributed by atoms with E-state index >= 15 is 0 Å². The van der Waals surface area contributed by atoms with E-state index in [1.165, 1.54) is 36.4 Å². The molecule has 0 aliphatic rings. The Bertz CT molecular complexity index is 886. The van der Waals surface area contributed by atoms with Crippen LogP contribution in [-0.2, 0) is 20.2 Å². The molecule has 0 saturated heterocycles. The minimum atomic E-state index is -4.34. The number of anilines is 1. The van der Waals surface area contributed by atoms with Crippen LogP contribution in [0, 0.1) is 0 Å². The predicted molar refractivity (Wildman–Crippen MR) is 75.9 cm³/mol. The summed E-state index contributed by atoms with van der Waals surface area (Å²) in [6, 6.07) is 8.89. The van der Waals surface area contributed by atoms with Crippen LogP contribution in [0.4, 0.5) is 5.69 Å². The summed E-state index contributed by atoms with van der Waals surface area (Å²) >= 11 is 0. The first-order chi connectivity index (χ1) is 9.59. The van der Waals surface area contributed by atoms with E-state index in [1.54, 1.807) is 0 Å². The van der Waals surface area contributed by atoms with Crippen LogP contribution in [0.2, 0.25) is 0 Å². The van der Waals surface area contributed by atoms with Crippen molar-refractivity contribution in [3.05, 3.63) is 42.5 Å². The van der Waals surface area contributed by atoms with Crippen molar-refractivity contribution in [3.8, 4) is 11.1 Å². The van der Waals surface area contributed by atoms with Crippen molar-refractivity contribution in [2.75, 3.05) is 5.73 Å². The fourth-order valence-electron chi connectivity index (χ4n) is 1.77. The van der Waals surface area contributed by atoms with Crippen molar-refractivity contribution in [1.29, 1.82) is 0 Å². The number of benzene rings is 2. The predicted octanol–water partition coefficient (Wildman–Crippen LogP) is 1.43. The van der Waals surface area contributed by atoms with E-state index in [-0.39, 0.29) is 15.5 Å². The number of hydrogen-bond acceptors (Lipinski definition) is 5. The second-order valence-electron chi connectivity index (χ2n) is 4.22. The van der Waals surface area contributed by atoms with E-state index in [0.29, 0.717) is 11.1 Å². The fraction of sp³-hybridized carbons (Fsp3) is 0. The molecule has 0 bridgehead atoms. The quantitative estimate of drug-likeness (QED) is 0.572. The lowest BCUT2D eigenvalue weighted by atomic mass is 10.0. The maximum Gasteiger partial charge on any atom is 0.294 e. The summed E-state index contributed by atoms with van der Waals surface area (Å²) in [6.07, 6.45) is 0. The van der Waals surface area contributed by atoms with Crippen LogP contribution in [0.5, 0.6) is 0 Å². The Kier molecular flexibility index (Phi) is 3.76. The molecule has 2 aromatic carbocycles. The average Bonchev–Trinajstić information content (AvgIpc) is 2.36. The molecule has 21 heavy (non-hydrogen) atoms. The van der Waals surface area contributed by atoms with Gasteiger partial charge >= 0.3 is 0 Å². The zero-order valence-electron chi connectivity index (χ0n) is 10.5. The van der Waals surface area contributed by atoms with E-state index in [9.17, 15) is 16.8 Å². The van der Waals surface area contributed by atoms with Gasteiger partial charge in [0.15, 0.2) is 0 Å². The molecule has 4 N–H and O–H groups in total. The fourth-order valence-corrected chi connectivity index (χ4v) is 2.77. The molecular formula is C12H11NO6S2. The van der Waals surface area contributed by atoms with Crippen LogP contribution in [-0.4, -0.2) is 25.9 Å². The molecule has 0 fully saturated rings. The highest BCUT2D eigenvalue weighted by molar-refractivity contribution is 7.86. The number of nitrogens with two attached hydrogens (primary N) is 1. The third-order valence-corrected chi connectivity index (χ3v) is 4.50. The molecule has 0 atom stereocenters. The first-order valence-corrected chi connectivity index (χ1v) is 8.42. The Balaban J connectivity index is 2.48. The van der Waals surface area contributed by atoms with E-state index < -0.39 is 20.2 Å². The maximum atomic E-state index is 11.0. The van der Waals surface area contributed by atoms with Crippen molar-refractivity contribution in [2.45, 2.75) is 9.79 Å². The van der Waals surface area contributed by atoms with Gasteiger partial charge in [0, 0.05) is 11.3 Å². The zero-order chi connectivity index (χ0) is 15.8. The highest BCUT2D eigenvalue weighted by Crippen LogP contribution is 2.28. The van der Waals surface area contributed by atoms with Crippen molar-refractivity contribution in [1.82, 2.24) is 0 Å². The summed E-state index contributed by atoms with van der Waals surface area (Å²) in [7, 11) is -8.62. The Labute approximate surface area is 121 Å². The van der Waals surface area contributed by atoms with Gasteiger partial charge < -0.3 is 5.73 Å². The third kappa shape index (κ3) is 3.39. The SMILES string of the molecule is Nc1cc(S(=O)(=O)O)ccc1-c1ccc(S(=O)(=O)O)cc1. The topological polar surface area (TPSA) is 135 Å². The lowest BCUT2D eigenvalue weighted by Crippen LogP contribution is -2.00. The summed E-state index contributed by atoms with van der Waals surface area (Å²) in [5.41, 5.74) is 6.82. The number of nitrogen functional groups attached to an aromatic ring is 1. The summed E-state index contributed by atoms with van der Waals surface area (Å²) in [5.74, 6) is 0. The highest BCUT2D eigenvalue weighted by Gasteiger charge is 2.13. The lowest BCUT2D eigenvalue weighted by molar-refractivity contribution is 0.481. The van der Waals surface area contributed by atoms with Crippen LogP contribution >= 0.6 is 0 Å². The Morgan fingerprint density at radius 1 is 0.762 bits per heavy atom. The molecule has 112 valence electrons. The summed E-state index contributed by atoms with van der Waals surface area (Å²) in [4.78, 5) is -0.599. The van der Waals surface area contributed by atoms with Crippen LogP contribution in [0.25, 0.3) is 11.1 Å². The van der Waals surface area contributed by atoms with Gasteiger partial charge in [-0.15, -0.1) is 0 Å². The van der Waals surface area contributed by atoms with Crippen molar-refractivity contribution >= 4 is 25.9 Å². The van der Waals surface area contributed by atoms with E-state index in [1.807, 2.05) is 0 Å². The number of hydrogen-bond donors (Lipinski definition) is 3. The molecular weight excluding hydrogens is 318 g/mol. The molecule has 0 aliphatic heterocycles. The summed E-state index contributed by atoms with van der Waals surface area (Å²) < 4.78 is 61.7. The summed E-state index contributed by atoms with van der Waals surface area (Å²) in [6.45, 7) is 0. The normalized spacial score (nSPS) is 12.3. The first kappa shape index (κ1) is 15.4. The van der Waals surface area contributed by atoms with Crippen LogP contribution in [0.1, 0.15) is 0 Å². The molecule has 0 spiro atoms. The summed E-state index contributed by atoms with van der Waals surface area (Å²) in [5, 5.41) is 0. The van der Waals surface area contributed by atoms with Gasteiger partial charge in [0.25, 0.3) is 20.2 Å². The van der Waals surface area contributed by atoms with Crippen molar-refractivity contribution in [2.24, 2.45) is 0 Å². The largest absolute Gasteiger partial charge is 0.398 e. The average molecular weight is 329 g/mol. The zero-order valence-corrected chi connectivity index (χ0v) is 12.1. The minimum absolute atomic E-state index is 0.102. The number of rotatable bonds is 3. The van der Waals surface area contributed by atoms with Gasteiger partial charge in [-0.1, -0.05) is 18.2 Å². The molecule has 9 heteroatoms. The van der Waals surface area contributed by atoms with Gasteiger partial charge in [0.05, 0.1) is 9.79 Å². The van der Waals surface area contributed by atoms with Gasteiger partial charge in [-0.2, -0.15) is 16.8 Å². The molecule has 0 unspecified atom stereocenters. The molecule has 2 rings (SSSR count). The molecule has 0 heterocycles. The molecule has 2 aromatic rings. The van der Waals surface area contributed by atoms with Crippen molar-refractivity contribution < 1.29 is 25.9 Å². The van der Waals surface area contributed by atoms with Gasteiger partial charge in [0.1, 0.15) is 0 Å². The minimum Gasteiger partial charge on any atom is -0.398 e. The van der Waals surface area contributed by atoms with Crippen LogP contribution in [0.3, 0.4) is 0 Å². The molecule has 0 radical (unpaired) electrons. The van der Waals surface area contributed by atoms with Crippen LogP contribution in [0.15, 0.2) is 52.3 Å². The van der Waals surface area contributed by atoms with Gasteiger partial charge in [-0.3, -0.25) is 9.11 Å². The second-order valence-corrected chi connectivity index (χ2v) is 7.07. The monoisotopic (exact) mass is 329 g/mol.